The van der Waals surface area contributed by atoms with Crippen LogP contribution in [0.4, 0.5) is 0 Å². The van der Waals surface area contributed by atoms with E-state index in [4.69, 9.17) is 5.11 Å². The number of benzene rings is 1. The molecule has 0 spiro atoms. The minimum atomic E-state index is -0.773. The van der Waals surface area contributed by atoms with Crippen LogP contribution in [-0.2, 0) is 4.79 Å². The van der Waals surface area contributed by atoms with Crippen molar-refractivity contribution >= 4 is 38.7 Å². The number of carbonyl (C=O) groups is 2. The molecule has 1 amide bonds. The SMILES string of the molecule is O=C(NC1CCC(C(=O)O)CC1)c1cc(=O)[nH]c2c(Br)cccc12. The molecule has 0 radical (unpaired) electrons. The molecule has 0 saturated heterocycles. The van der Waals surface area contributed by atoms with E-state index in [9.17, 15) is 14.4 Å². The Morgan fingerprint density at radius 3 is 2.58 bits per heavy atom. The smallest absolute Gasteiger partial charge is 0.306 e. The monoisotopic (exact) mass is 392 g/mol. The molecule has 3 rings (SSSR count). The van der Waals surface area contributed by atoms with Crippen LogP contribution in [0.15, 0.2) is 33.5 Å². The number of carbonyl (C=O) groups excluding carboxylic acids is 1. The normalized spacial score (nSPS) is 20.7. The topological polar surface area (TPSA) is 99.3 Å². The summed E-state index contributed by atoms with van der Waals surface area (Å²) >= 11 is 3.38. The summed E-state index contributed by atoms with van der Waals surface area (Å²) in [5, 5.41) is 12.6. The highest BCUT2D eigenvalue weighted by molar-refractivity contribution is 9.10. The van der Waals surface area contributed by atoms with Crippen molar-refractivity contribution in [1.29, 1.82) is 0 Å². The quantitative estimate of drug-likeness (QED) is 0.747. The fourth-order valence-corrected chi connectivity index (χ4v) is 3.64. The minimum absolute atomic E-state index is 0.0606. The average molecular weight is 393 g/mol. The fraction of sp³-hybridized carbons (Fsp3) is 0.353. The summed E-state index contributed by atoms with van der Waals surface area (Å²) in [6, 6.07) is 6.63. The molecule has 1 heterocycles. The molecule has 1 aliphatic carbocycles. The lowest BCUT2D eigenvalue weighted by atomic mass is 9.86. The number of H-pyrrole nitrogens is 1. The number of amides is 1. The van der Waals surface area contributed by atoms with Gasteiger partial charge in [-0.25, -0.2) is 0 Å². The van der Waals surface area contributed by atoms with E-state index in [0.717, 1.165) is 0 Å². The highest BCUT2D eigenvalue weighted by atomic mass is 79.9. The summed E-state index contributed by atoms with van der Waals surface area (Å²) in [5.74, 6) is -1.40. The van der Waals surface area contributed by atoms with Crippen LogP contribution >= 0.6 is 15.9 Å². The number of aromatic nitrogens is 1. The Morgan fingerprint density at radius 2 is 1.92 bits per heavy atom. The third kappa shape index (κ3) is 3.36. The van der Waals surface area contributed by atoms with Gasteiger partial charge in [0, 0.05) is 22.0 Å². The van der Waals surface area contributed by atoms with E-state index in [2.05, 4.69) is 26.2 Å². The molecule has 1 saturated carbocycles. The second kappa shape index (κ2) is 6.76. The lowest BCUT2D eigenvalue weighted by Gasteiger charge is -2.27. The molecule has 126 valence electrons. The van der Waals surface area contributed by atoms with Gasteiger partial charge in [-0.2, -0.15) is 0 Å². The molecular formula is C17H17BrN2O4. The predicted octanol–water partition coefficient (Wildman–Crippen LogP) is 2.66. The van der Waals surface area contributed by atoms with Gasteiger partial charge in [-0.3, -0.25) is 14.4 Å². The summed E-state index contributed by atoms with van der Waals surface area (Å²) in [7, 11) is 0. The first-order valence-corrected chi connectivity index (χ1v) is 8.60. The van der Waals surface area contributed by atoms with Crippen LogP contribution in [0.1, 0.15) is 36.0 Å². The minimum Gasteiger partial charge on any atom is -0.481 e. The van der Waals surface area contributed by atoms with Gasteiger partial charge in [0.05, 0.1) is 17.0 Å². The standard InChI is InChI=1S/C17H17BrN2O4/c18-13-3-1-2-11-12(8-14(21)20-15(11)13)16(22)19-10-6-4-9(5-7-10)17(23)24/h1-3,8-10H,4-7H2,(H,19,22)(H,20,21)(H,23,24). The maximum atomic E-state index is 12.6. The average Bonchev–Trinajstić information content (AvgIpc) is 2.55. The van der Waals surface area contributed by atoms with Crippen LogP contribution in [0, 0.1) is 5.92 Å². The number of pyridine rings is 1. The van der Waals surface area contributed by atoms with Crippen LogP contribution in [-0.4, -0.2) is 28.0 Å². The van der Waals surface area contributed by atoms with Gasteiger partial charge >= 0.3 is 5.97 Å². The predicted molar refractivity (Wildman–Crippen MR) is 93.1 cm³/mol. The number of hydrogen-bond acceptors (Lipinski definition) is 3. The molecule has 0 aliphatic heterocycles. The van der Waals surface area contributed by atoms with Crippen molar-refractivity contribution in [3.63, 3.8) is 0 Å². The first kappa shape index (κ1) is 16.7. The van der Waals surface area contributed by atoms with Crippen molar-refractivity contribution in [1.82, 2.24) is 10.3 Å². The van der Waals surface area contributed by atoms with E-state index in [1.807, 2.05) is 0 Å². The van der Waals surface area contributed by atoms with Gasteiger partial charge in [0.15, 0.2) is 0 Å². The van der Waals surface area contributed by atoms with Gasteiger partial charge in [-0.05, 0) is 47.7 Å². The number of aromatic amines is 1. The lowest BCUT2D eigenvalue weighted by molar-refractivity contribution is -0.142. The highest BCUT2D eigenvalue weighted by Crippen LogP contribution is 2.26. The molecule has 6 nitrogen and oxygen atoms in total. The summed E-state index contributed by atoms with van der Waals surface area (Å²) in [5.41, 5.74) is 0.578. The summed E-state index contributed by atoms with van der Waals surface area (Å²) in [6.07, 6.45) is 2.38. The van der Waals surface area contributed by atoms with Gasteiger partial charge in [0.1, 0.15) is 0 Å². The van der Waals surface area contributed by atoms with Crippen molar-refractivity contribution in [2.24, 2.45) is 5.92 Å². The molecule has 1 aromatic heterocycles. The molecule has 0 atom stereocenters. The van der Waals surface area contributed by atoms with Crippen LogP contribution in [0.3, 0.4) is 0 Å². The summed E-state index contributed by atoms with van der Waals surface area (Å²) in [6.45, 7) is 0. The van der Waals surface area contributed by atoms with E-state index < -0.39 is 5.97 Å². The van der Waals surface area contributed by atoms with E-state index in [0.29, 0.717) is 46.6 Å². The number of hydrogen-bond donors (Lipinski definition) is 3. The van der Waals surface area contributed by atoms with Crippen molar-refractivity contribution < 1.29 is 14.7 Å². The van der Waals surface area contributed by atoms with Crippen molar-refractivity contribution in [3.05, 3.63) is 44.7 Å². The van der Waals surface area contributed by atoms with Gasteiger partial charge in [-0.1, -0.05) is 12.1 Å². The van der Waals surface area contributed by atoms with Crippen molar-refractivity contribution in [2.75, 3.05) is 0 Å². The Labute approximate surface area is 146 Å². The zero-order chi connectivity index (χ0) is 17.3. The molecular weight excluding hydrogens is 376 g/mol. The molecule has 7 heteroatoms. The van der Waals surface area contributed by atoms with Crippen molar-refractivity contribution in [2.45, 2.75) is 31.7 Å². The molecule has 2 aromatic rings. The number of carboxylic acids is 1. The summed E-state index contributed by atoms with van der Waals surface area (Å²) < 4.78 is 0.716. The zero-order valence-corrected chi connectivity index (χ0v) is 14.4. The van der Waals surface area contributed by atoms with E-state index in [1.54, 1.807) is 18.2 Å². The van der Waals surface area contributed by atoms with E-state index in [-0.39, 0.29) is 23.4 Å². The number of halogens is 1. The molecule has 24 heavy (non-hydrogen) atoms. The summed E-state index contributed by atoms with van der Waals surface area (Å²) in [4.78, 5) is 38.2. The van der Waals surface area contributed by atoms with Crippen LogP contribution in [0.25, 0.3) is 10.9 Å². The van der Waals surface area contributed by atoms with E-state index in [1.165, 1.54) is 6.07 Å². The maximum Gasteiger partial charge on any atom is 0.306 e. The van der Waals surface area contributed by atoms with Crippen LogP contribution in [0.2, 0.25) is 0 Å². The largest absolute Gasteiger partial charge is 0.481 e. The molecule has 1 fully saturated rings. The van der Waals surface area contributed by atoms with Crippen LogP contribution in [0.5, 0.6) is 0 Å². The molecule has 0 unspecified atom stereocenters. The van der Waals surface area contributed by atoms with Gasteiger partial charge in [0.2, 0.25) is 5.56 Å². The third-order valence-electron chi connectivity index (χ3n) is 4.48. The first-order valence-electron chi connectivity index (χ1n) is 7.81. The number of aliphatic carboxylic acids is 1. The Hall–Kier alpha value is -2.15. The second-order valence-corrected chi connectivity index (χ2v) is 6.92. The number of nitrogens with one attached hydrogen (secondary N) is 2. The Kier molecular flexibility index (Phi) is 4.71. The third-order valence-corrected chi connectivity index (χ3v) is 5.14. The maximum absolute atomic E-state index is 12.6. The molecule has 1 aromatic carbocycles. The molecule has 0 bridgehead atoms. The first-order chi connectivity index (χ1) is 11.5. The second-order valence-electron chi connectivity index (χ2n) is 6.07. The number of rotatable bonds is 3. The number of fused-ring (bicyclic) bond motifs is 1. The lowest BCUT2D eigenvalue weighted by Crippen LogP contribution is -2.39. The Morgan fingerprint density at radius 1 is 1.21 bits per heavy atom. The van der Waals surface area contributed by atoms with E-state index >= 15 is 0 Å². The Bertz CT molecular complexity index is 853. The fourth-order valence-electron chi connectivity index (χ4n) is 3.18. The highest BCUT2D eigenvalue weighted by Gasteiger charge is 2.27. The molecule has 1 aliphatic rings. The molecule has 3 N–H and O–H groups in total. The van der Waals surface area contributed by atoms with Crippen molar-refractivity contribution in [3.8, 4) is 0 Å². The van der Waals surface area contributed by atoms with Crippen LogP contribution < -0.4 is 10.9 Å². The Balaban J connectivity index is 1.81. The zero-order valence-electron chi connectivity index (χ0n) is 12.8. The van der Waals surface area contributed by atoms with Gasteiger partial charge in [-0.15, -0.1) is 0 Å². The number of carboxylic acid groups (broad SMARTS) is 1. The van der Waals surface area contributed by atoms with Gasteiger partial charge in [0.25, 0.3) is 5.91 Å². The van der Waals surface area contributed by atoms with Gasteiger partial charge < -0.3 is 15.4 Å². The number of para-hydroxylation sites is 1.